The summed E-state index contributed by atoms with van der Waals surface area (Å²) in [7, 11) is -2.91. The summed E-state index contributed by atoms with van der Waals surface area (Å²) in [6, 6.07) is 5.62. The number of aliphatic hydroxyl groups excluding tert-OH is 1. The molecule has 0 aliphatic carbocycles. The molecular formula is C20H24ClN3O4S. The van der Waals surface area contributed by atoms with Gasteiger partial charge < -0.3 is 15.2 Å². The van der Waals surface area contributed by atoms with Crippen LogP contribution in [0.1, 0.15) is 30.9 Å². The number of rotatable bonds is 4. The molecule has 0 bridgehead atoms. The number of nitrogens with one attached hydrogen (secondary N) is 1. The average Bonchev–Trinajstić information content (AvgIpc) is 2.71. The van der Waals surface area contributed by atoms with Gasteiger partial charge in [0.1, 0.15) is 15.7 Å². The third-order valence-corrected chi connectivity index (χ3v) is 7.60. The van der Waals surface area contributed by atoms with Crippen molar-refractivity contribution in [1.29, 1.82) is 0 Å². The molecule has 4 heterocycles. The van der Waals surface area contributed by atoms with Crippen molar-refractivity contribution < 1.29 is 18.3 Å². The zero-order chi connectivity index (χ0) is 20.4. The first kappa shape index (κ1) is 20.5. The van der Waals surface area contributed by atoms with E-state index >= 15 is 0 Å². The van der Waals surface area contributed by atoms with Gasteiger partial charge in [0.25, 0.3) is 0 Å². The van der Waals surface area contributed by atoms with Crippen molar-refractivity contribution in [3.8, 4) is 11.1 Å². The Labute approximate surface area is 175 Å². The Morgan fingerprint density at radius 3 is 2.72 bits per heavy atom. The van der Waals surface area contributed by atoms with Crippen LogP contribution in [0.3, 0.4) is 0 Å². The Hall–Kier alpha value is -1.74. The number of aromatic nitrogens is 2. The van der Waals surface area contributed by atoms with E-state index in [1.807, 2.05) is 18.2 Å². The van der Waals surface area contributed by atoms with Crippen LogP contribution in [0.15, 0.2) is 30.6 Å². The summed E-state index contributed by atoms with van der Waals surface area (Å²) >= 11 is 6.42. The first-order valence-electron chi connectivity index (χ1n) is 9.76. The van der Waals surface area contributed by atoms with E-state index in [1.165, 1.54) is 0 Å². The molecule has 0 unspecified atom stereocenters. The molecule has 2 saturated heterocycles. The number of hydrogen-bond acceptors (Lipinski definition) is 7. The van der Waals surface area contributed by atoms with E-state index in [-0.39, 0.29) is 23.5 Å². The van der Waals surface area contributed by atoms with Crippen molar-refractivity contribution in [2.75, 3.05) is 30.0 Å². The molecule has 0 amide bonds. The predicted molar refractivity (Wildman–Crippen MR) is 112 cm³/mol. The topological polar surface area (TPSA) is 101 Å². The smallest absolute Gasteiger partial charge is 0.150 e. The summed E-state index contributed by atoms with van der Waals surface area (Å²) in [5.74, 6) is 1.19. The van der Waals surface area contributed by atoms with Crippen LogP contribution in [0.25, 0.3) is 11.1 Å². The Morgan fingerprint density at radius 1 is 1.17 bits per heavy atom. The van der Waals surface area contributed by atoms with Crippen LogP contribution in [0, 0.1) is 0 Å². The van der Waals surface area contributed by atoms with Gasteiger partial charge in [-0.15, -0.1) is 0 Å². The Kier molecular flexibility index (Phi) is 6.06. The second-order valence-corrected chi connectivity index (χ2v) is 10.3. The van der Waals surface area contributed by atoms with Gasteiger partial charge in [-0.2, -0.15) is 0 Å². The van der Waals surface area contributed by atoms with Crippen LogP contribution in [0.2, 0.25) is 5.02 Å². The minimum atomic E-state index is -2.91. The van der Waals surface area contributed by atoms with Gasteiger partial charge in [0.2, 0.25) is 0 Å². The number of nitrogens with zero attached hydrogens (tertiary/aromatic N) is 2. The molecule has 0 spiro atoms. The van der Waals surface area contributed by atoms with Crippen LogP contribution in [-0.4, -0.2) is 60.4 Å². The molecule has 2 atom stereocenters. The maximum Gasteiger partial charge on any atom is 0.150 e. The van der Waals surface area contributed by atoms with Crippen LogP contribution in [0.4, 0.5) is 5.82 Å². The van der Waals surface area contributed by atoms with Crippen molar-refractivity contribution in [2.24, 2.45) is 0 Å². The first-order chi connectivity index (χ1) is 13.9. The normalized spacial score (nSPS) is 24.9. The summed E-state index contributed by atoms with van der Waals surface area (Å²) in [5, 5.41) is 13.9. The lowest BCUT2D eigenvalue weighted by Gasteiger charge is -2.29. The van der Waals surface area contributed by atoms with E-state index in [0.29, 0.717) is 43.3 Å². The number of pyridine rings is 2. The fourth-order valence-corrected chi connectivity index (χ4v) is 5.55. The lowest BCUT2D eigenvalue weighted by Crippen LogP contribution is -2.42. The molecule has 2 fully saturated rings. The number of hydrogen-bond donors (Lipinski definition) is 2. The lowest BCUT2D eigenvalue weighted by molar-refractivity contribution is -0.0135. The molecule has 7 nitrogen and oxygen atoms in total. The van der Waals surface area contributed by atoms with Gasteiger partial charge in [-0.3, -0.25) is 4.98 Å². The second-order valence-electron chi connectivity index (χ2n) is 7.63. The molecule has 2 N–H and O–H groups in total. The first-order valence-corrected chi connectivity index (χ1v) is 12.0. The minimum Gasteiger partial charge on any atom is -0.389 e. The Morgan fingerprint density at radius 2 is 1.97 bits per heavy atom. The fourth-order valence-electron chi connectivity index (χ4n) is 3.85. The predicted octanol–water partition coefficient (Wildman–Crippen LogP) is 2.65. The molecule has 29 heavy (non-hydrogen) atoms. The van der Waals surface area contributed by atoms with Gasteiger partial charge in [0, 0.05) is 36.2 Å². The fraction of sp³-hybridized carbons (Fsp3) is 0.500. The summed E-state index contributed by atoms with van der Waals surface area (Å²) in [6.45, 7) is 0.906. The summed E-state index contributed by atoms with van der Waals surface area (Å²) < 4.78 is 28.7. The molecule has 0 saturated carbocycles. The quantitative estimate of drug-likeness (QED) is 0.758. The number of ether oxygens (including phenoxy) is 1. The van der Waals surface area contributed by atoms with Crippen molar-refractivity contribution in [3.05, 3.63) is 41.3 Å². The highest BCUT2D eigenvalue weighted by Gasteiger charge is 2.26. The minimum absolute atomic E-state index is 0.123. The molecule has 0 radical (unpaired) electrons. The summed E-state index contributed by atoms with van der Waals surface area (Å²) in [6.07, 6.45) is 4.64. The largest absolute Gasteiger partial charge is 0.389 e. The maximum absolute atomic E-state index is 11.7. The number of sulfone groups is 1. The molecule has 2 aliphatic rings. The summed E-state index contributed by atoms with van der Waals surface area (Å²) in [4.78, 5) is 8.82. The molecule has 0 aromatic carbocycles. The monoisotopic (exact) mass is 437 g/mol. The van der Waals surface area contributed by atoms with Crippen LogP contribution in [-0.2, 0) is 14.6 Å². The van der Waals surface area contributed by atoms with E-state index in [9.17, 15) is 13.5 Å². The van der Waals surface area contributed by atoms with Gasteiger partial charge in [-0.05, 0) is 43.0 Å². The van der Waals surface area contributed by atoms with E-state index < -0.39 is 15.9 Å². The van der Waals surface area contributed by atoms with Crippen LogP contribution in [0.5, 0.6) is 0 Å². The van der Waals surface area contributed by atoms with Crippen LogP contribution >= 0.6 is 11.6 Å². The highest BCUT2D eigenvalue weighted by atomic mass is 35.5. The second kappa shape index (κ2) is 8.55. The third kappa shape index (κ3) is 4.88. The molecule has 9 heteroatoms. The zero-order valence-corrected chi connectivity index (χ0v) is 17.5. The van der Waals surface area contributed by atoms with E-state index in [0.717, 1.165) is 16.8 Å². The van der Waals surface area contributed by atoms with Gasteiger partial charge >= 0.3 is 0 Å². The van der Waals surface area contributed by atoms with Crippen molar-refractivity contribution in [2.45, 2.75) is 37.3 Å². The highest BCUT2D eigenvalue weighted by Crippen LogP contribution is 2.33. The Bertz CT molecular complexity index is 971. The molecular weight excluding hydrogens is 414 g/mol. The van der Waals surface area contributed by atoms with E-state index in [1.54, 1.807) is 12.4 Å². The molecule has 2 aromatic rings. The van der Waals surface area contributed by atoms with Gasteiger partial charge in [-0.1, -0.05) is 11.6 Å². The van der Waals surface area contributed by atoms with Crippen molar-refractivity contribution in [1.82, 2.24) is 9.97 Å². The summed E-state index contributed by atoms with van der Waals surface area (Å²) in [5.41, 5.74) is 2.61. The number of aliphatic hydroxyl groups is 1. The molecule has 2 aliphatic heterocycles. The SMILES string of the molecule is O=S1(=O)CCC(c2cc(-c3cc(N[C@@H]4CCOC[C@H]4O)ncc3Cl)ccn2)CC1. The van der Waals surface area contributed by atoms with Gasteiger partial charge in [-0.25, -0.2) is 13.4 Å². The molecule has 156 valence electrons. The highest BCUT2D eigenvalue weighted by molar-refractivity contribution is 7.91. The van der Waals surface area contributed by atoms with Gasteiger partial charge in [0.15, 0.2) is 0 Å². The van der Waals surface area contributed by atoms with Crippen LogP contribution < -0.4 is 5.32 Å². The van der Waals surface area contributed by atoms with Gasteiger partial charge in [0.05, 0.1) is 35.3 Å². The zero-order valence-electron chi connectivity index (χ0n) is 15.9. The third-order valence-electron chi connectivity index (χ3n) is 5.58. The Balaban J connectivity index is 1.56. The number of halogens is 1. The lowest BCUT2D eigenvalue weighted by atomic mass is 9.96. The number of anilines is 1. The van der Waals surface area contributed by atoms with Crippen molar-refractivity contribution in [3.63, 3.8) is 0 Å². The van der Waals surface area contributed by atoms with E-state index in [4.69, 9.17) is 16.3 Å². The standard InChI is InChI=1S/C20H24ClN3O4S/c21-16-11-23-20(24-17-2-6-28-12-19(17)25)10-15(16)14-1-5-22-18(9-14)13-3-7-29(26,27)8-4-13/h1,5,9-11,13,17,19,25H,2-4,6-8,12H2,(H,23,24)/t17-,19-/m1/s1. The van der Waals surface area contributed by atoms with Crippen molar-refractivity contribution >= 4 is 27.3 Å². The van der Waals surface area contributed by atoms with E-state index in [2.05, 4.69) is 15.3 Å². The maximum atomic E-state index is 11.7. The average molecular weight is 438 g/mol. The molecule has 4 rings (SSSR count). The molecule has 2 aromatic heterocycles.